The second-order valence-electron chi connectivity index (χ2n) is 13.8. The zero-order valence-electron chi connectivity index (χ0n) is 28.4. The van der Waals surface area contributed by atoms with E-state index in [1.165, 1.54) is 0 Å². The van der Waals surface area contributed by atoms with E-state index in [1.54, 1.807) is 17.3 Å². The molecule has 6 rings (SSSR count). The second-order valence-corrected chi connectivity index (χ2v) is 13.8. The molecule has 0 aliphatic carbocycles. The third-order valence-electron chi connectivity index (χ3n) is 9.77. The van der Waals surface area contributed by atoms with Crippen LogP contribution in [0.1, 0.15) is 50.3 Å². The van der Waals surface area contributed by atoms with E-state index < -0.39 is 12.1 Å². The van der Waals surface area contributed by atoms with Gasteiger partial charge < -0.3 is 26.6 Å². The number of nitrogens with one attached hydrogen (secondary N) is 1. The minimum Gasteiger partial charge on any atom is -0.335 e. The molecule has 1 saturated heterocycles. The Balaban J connectivity index is 1.29. The summed E-state index contributed by atoms with van der Waals surface area (Å²) in [5, 5.41) is 12.3. The summed E-state index contributed by atoms with van der Waals surface area (Å²) in [5.74, 6) is 0.324. The van der Waals surface area contributed by atoms with Gasteiger partial charge >= 0.3 is 0 Å². The highest BCUT2D eigenvalue weighted by Gasteiger charge is 2.42. The van der Waals surface area contributed by atoms with Gasteiger partial charge in [-0.05, 0) is 70.3 Å². The molecule has 1 aromatic heterocycles. The normalized spacial score (nSPS) is 18.8. The number of hydrogen-bond acceptors (Lipinski definition) is 8. The van der Waals surface area contributed by atoms with Crippen molar-refractivity contribution < 1.29 is 9.59 Å². The van der Waals surface area contributed by atoms with Gasteiger partial charge in [0.2, 0.25) is 5.91 Å². The van der Waals surface area contributed by atoms with Gasteiger partial charge in [-0.3, -0.25) is 9.69 Å². The highest BCUT2D eigenvalue weighted by Crippen LogP contribution is 2.34. The van der Waals surface area contributed by atoms with E-state index >= 15 is 0 Å². The summed E-state index contributed by atoms with van der Waals surface area (Å²) < 4.78 is 1.73. The Morgan fingerprint density at radius 3 is 2.20 bits per heavy atom. The number of carbonyl (C=O) groups is 2. The molecule has 5 N–H and O–H groups in total. The molecule has 4 aromatic carbocycles. The molecule has 0 bridgehead atoms. The largest absolute Gasteiger partial charge is 0.335 e. The van der Waals surface area contributed by atoms with Gasteiger partial charge in [0.25, 0.3) is 0 Å². The van der Waals surface area contributed by atoms with E-state index in [4.69, 9.17) is 11.5 Å². The van der Waals surface area contributed by atoms with Crippen LogP contribution in [0, 0.1) is 5.92 Å². The standard InChI is InChI=1S/C39H48N8O2/c1-27(2)18-35-23-47(39(49)36(40)20-28-13-14-29-8-3-5-10-31(29)19-28)34(12-7-17-44-45-25-42-43-26-45)22-46(35)38(37(41)24-48)33-16-15-30-9-4-6-11-32(30)21-33/h3-6,8-11,13-16,19,21,24-27,34-38,44H,7,12,17-18,20,22-23,40-41H2,1-2H3/t34-,35+,36+,37?,38?/m0/s1. The third kappa shape index (κ3) is 8.16. The summed E-state index contributed by atoms with van der Waals surface area (Å²) in [7, 11) is 0. The molecular formula is C39H48N8O2. The maximum atomic E-state index is 14.4. The van der Waals surface area contributed by atoms with Crippen molar-refractivity contribution in [2.24, 2.45) is 17.4 Å². The molecule has 0 spiro atoms. The number of aldehydes is 1. The molecule has 2 unspecified atom stereocenters. The average Bonchev–Trinajstić information content (AvgIpc) is 3.64. The number of rotatable bonds is 14. The second kappa shape index (κ2) is 15.7. The Morgan fingerprint density at radius 2 is 1.53 bits per heavy atom. The van der Waals surface area contributed by atoms with E-state index in [0.717, 1.165) is 58.2 Å². The molecule has 1 aliphatic heterocycles. The molecule has 5 atom stereocenters. The lowest BCUT2D eigenvalue weighted by Gasteiger charge is -2.51. The molecule has 1 aliphatic rings. The van der Waals surface area contributed by atoms with Gasteiger partial charge in [-0.2, -0.15) is 0 Å². The first kappa shape index (κ1) is 34.2. The molecule has 256 valence electrons. The first-order valence-electron chi connectivity index (χ1n) is 17.4. The van der Waals surface area contributed by atoms with E-state index in [-0.39, 0.29) is 24.0 Å². The fraction of sp³-hybridized carbons (Fsp3) is 0.385. The monoisotopic (exact) mass is 660 g/mol. The highest BCUT2D eigenvalue weighted by molar-refractivity contribution is 5.85. The van der Waals surface area contributed by atoms with E-state index in [0.29, 0.717) is 32.0 Å². The van der Waals surface area contributed by atoms with Gasteiger partial charge in [-0.25, -0.2) is 4.68 Å². The molecule has 10 nitrogen and oxygen atoms in total. The number of nitrogens with zero attached hydrogens (tertiary/aromatic N) is 5. The Labute approximate surface area is 288 Å². The van der Waals surface area contributed by atoms with Gasteiger partial charge in [-0.1, -0.05) is 92.7 Å². The van der Waals surface area contributed by atoms with Gasteiger partial charge in [-0.15, -0.1) is 10.2 Å². The lowest BCUT2D eigenvalue weighted by Crippen LogP contribution is -2.64. The van der Waals surface area contributed by atoms with Crippen LogP contribution in [0.2, 0.25) is 0 Å². The molecule has 0 saturated carbocycles. The van der Waals surface area contributed by atoms with Crippen molar-refractivity contribution in [3.8, 4) is 0 Å². The highest BCUT2D eigenvalue weighted by atomic mass is 16.2. The molecule has 10 heteroatoms. The van der Waals surface area contributed by atoms with Gasteiger partial charge in [0.05, 0.1) is 18.1 Å². The van der Waals surface area contributed by atoms with Crippen LogP contribution in [-0.4, -0.2) is 80.7 Å². The first-order valence-corrected chi connectivity index (χ1v) is 17.4. The minimum absolute atomic E-state index is 0.00862. The van der Waals surface area contributed by atoms with Crippen molar-refractivity contribution in [3.63, 3.8) is 0 Å². The molecule has 1 fully saturated rings. The predicted octanol–water partition coefficient (Wildman–Crippen LogP) is 4.67. The van der Waals surface area contributed by atoms with Gasteiger partial charge in [0.15, 0.2) is 0 Å². The van der Waals surface area contributed by atoms with E-state index in [1.807, 2.05) is 29.2 Å². The van der Waals surface area contributed by atoms with Gasteiger partial charge in [0.1, 0.15) is 18.9 Å². The number of aromatic nitrogens is 3. The van der Waals surface area contributed by atoms with Crippen molar-refractivity contribution in [2.45, 2.75) is 69.7 Å². The van der Waals surface area contributed by atoms with Crippen molar-refractivity contribution in [2.75, 3.05) is 25.1 Å². The molecule has 2 heterocycles. The van der Waals surface area contributed by atoms with Crippen LogP contribution in [0.3, 0.4) is 0 Å². The maximum Gasteiger partial charge on any atom is 0.240 e. The lowest BCUT2D eigenvalue weighted by atomic mass is 9.89. The van der Waals surface area contributed by atoms with Crippen molar-refractivity contribution >= 4 is 33.7 Å². The smallest absolute Gasteiger partial charge is 0.240 e. The van der Waals surface area contributed by atoms with Gasteiger partial charge in [0, 0.05) is 31.7 Å². The van der Waals surface area contributed by atoms with Crippen LogP contribution in [0.5, 0.6) is 0 Å². The molecule has 49 heavy (non-hydrogen) atoms. The number of amides is 1. The zero-order valence-corrected chi connectivity index (χ0v) is 28.4. The number of nitrogens with two attached hydrogens (primary N) is 2. The van der Waals surface area contributed by atoms with Crippen LogP contribution < -0.4 is 16.9 Å². The average molecular weight is 661 g/mol. The summed E-state index contributed by atoms with van der Waals surface area (Å²) >= 11 is 0. The fourth-order valence-corrected chi connectivity index (χ4v) is 7.43. The number of benzene rings is 4. The summed E-state index contributed by atoms with van der Waals surface area (Å²) in [5.41, 5.74) is 18.8. The zero-order chi connectivity index (χ0) is 34.3. The Morgan fingerprint density at radius 1 is 0.878 bits per heavy atom. The number of carbonyl (C=O) groups excluding carboxylic acids is 2. The lowest BCUT2D eigenvalue weighted by molar-refractivity contribution is -0.141. The predicted molar refractivity (Wildman–Crippen MR) is 195 cm³/mol. The van der Waals surface area contributed by atoms with E-state index in [9.17, 15) is 9.59 Å². The Kier molecular flexibility index (Phi) is 11.0. The number of fused-ring (bicyclic) bond motifs is 2. The first-order chi connectivity index (χ1) is 23.8. The molecular weight excluding hydrogens is 612 g/mol. The minimum atomic E-state index is -0.732. The SMILES string of the molecule is CC(C)C[C@@H]1CN(C(=O)[C@H](N)Cc2ccc3ccccc3c2)[C@@H](CCCNn2cnnc2)CN1C(c1ccc2ccccc2c1)C(N)C=O. The number of piperazine rings is 1. The van der Waals surface area contributed by atoms with E-state index in [2.05, 4.69) is 95.0 Å². The van der Waals surface area contributed by atoms with Crippen LogP contribution in [0.25, 0.3) is 21.5 Å². The summed E-state index contributed by atoms with van der Waals surface area (Å²) in [4.78, 5) is 31.2. The summed E-state index contributed by atoms with van der Waals surface area (Å²) in [6.45, 7) is 6.17. The summed E-state index contributed by atoms with van der Waals surface area (Å²) in [6, 6.07) is 27.2. The van der Waals surface area contributed by atoms with Crippen molar-refractivity contribution in [3.05, 3.63) is 109 Å². The van der Waals surface area contributed by atoms with Crippen molar-refractivity contribution in [1.29, 1.82) is 0 Å². The number of hydrogen-bond donors (Lipinski definition) is 3. The molecule has 1 amide bonds. The van der Waals surface area contributed by atoms with Crippen LogP contribution in [0.15, 0.2) is 97.6 Å². The summed E-state index contributed by atoms with van der Waals surface area (Å²) in [6.07, 6.45) is 6.95. The fourth-order valence-electron chi connectivity index (χ4n) is 7.43. The Hall–Kier alpha value is -4.64. The van der Waals surface area contributed by atoms with Crippen LogP contribution >= 0.6 is 0 Å². The Bertz CT molecular complexity index is 1840. The maximum absolute atomic E-state index is 14.4. The molecule has 0 radical (unpaired) electrons. The topological polar surface area (TPSA) is 135 Å². The van der Waals surface area contributed by atoms with Crippen LogP contribution in [-0.2, 0) is 16.0 Å². The molecule has 5 aromatic rings. The quantitative estimate of drug-likeness (QED) is 0.116. The van der Waals surface area contributed by atoms with Crippen LogP contribution in [0.4, 0.5) is 0 Å². The van der Waals surface area contributed by atoms with Crippen molar-refractivity contribution in [1.82, 2.24) is 24.7 Å². The third-order valence-corrected chi connectivity index (χ3v) is 9.77.